The summed E-state index contributed by atoms with van der Waals surface area (Å²) >= 11 is 0. The Balaban J connectivity index is 1.70. The van der Waals surface area contributed by atoms with Crippen molar-refractivity contribution in [3.05, 3.63) is 47.8 Å². The van der Waals surface area contributed by atoms with Crippen LogP contribution in [0.5, 0.6) is 0 Å². The maximum Gasteiger partial charge on any atom is 0.311 e. The lowest BCUT2D eigenvalue weighted by Crippen LogP contribution is -1.97. The second-order valence-electron chi connectivity index (χ2n) is 3.54. The Morgan fingerprint density at radius 2 is 1.83 bits per heavy atom. The van der Waals surface area contributed by atoms with Gasteiger partial charge in [0.2, 0.25) is 0 Å². The van der Waals surface area contributed by atoms with Crippen LogP contribution < -0.4 is 0 Å². The summed E-state index contributed by atoms with van der Waals surface area (Å²) in [5.74, 6) is 2.87. The Morgan fingerprint density at radius 1 is 1.11 bits per heavy atom. The van der Waals surface area contributed by atoms with Gasteiger partial charge in [-0.05, 0) is 24.3 Å². The summed E-state index contributed by atoms with van der Waals surface area (Å²) in [6, 6.07) is 7.33. The molecule has 96 valence electrons. The van der Waals surface area contributed by atoms with E-state index < -0.39 is 5.97 Å². The molecule has 0 saturated carbocycles. The first-order valence-electron chi connectivity index (χ1n) is 5.30. The number of hydrogen-bond acceptors (Lipinski definition) is 5. The lowest BCUT2D eigenvalue weighted by molar-refractivity contribution is -0.136. The molecular formula is C12H12O4S2. The van der Waals surface area contributed by atoms with Crippen LogP contribution in [0.1, 0.15) is 17.3 Å². The maximum atomic E-state index is 10.5. The van der Waals surface area contributed by atoms with Gasteiger partial charge in [0.25, 0.3) is 0 Å². The van der Waals surface area contributed by atoms with Gasteiger partial charge in [-0.3, -0.25) is 4.79 Å². The highest BCUT2D eigenvalue weighted by atomic mass is 33.1. The van der Waals surface area contributed by atoms with Gasteiger partial charge in [-0.25, -0.2) is 0 Å². The van der Waals surface area contributed by atoms with Crippen molar-refractivity contribution in [2.75, 3.05) is 0 Å². The summed E-state index contributed by atoms with van der Waals surface area (Å²) < 4.78 is 10.6. The average Bonchev–Trinajstić information content (AvgIpc) is 2.95. The van der Waals surface area contributed by atoms with E-state index in [9.17, 15) is 4.79 Å². The van der Waals surface area contributed by atoms with Crippen LogP contribution in [0.2, 0.25) is 0 Å². The Morgan fingerprint density at radius 3 is 2.50 bits per heavy atom. The number of aliphatic carboxylic acids is 1. The molecule has 2 heterocycles. The Hall–Kier alpha value is -1.27. The third-order valence-corrected chi connectivity index (χ3v) is 4.29. The number of carboxylic acids is 1. The zero-order chi connectivity index (χ0) is 12.8. The van der Waals surface area contributed by atoms with Crippen molar-refractivity contribution >= 4 is 27.6 Å². The Labute approximate surface area is 112 Å². The van der Waals surface area contributed by atoms with Gasteiger partial charge in [0.1, 0.15) is 23.7 Å². The van der Waals surface area contributed by atoms with E-state index in [1.165, 1.54) is 0 Å². The number of carboxylic acid groups (broad SMARTS) is 1. The minimum absolute atomic E-state index is 0.0653. The molecule has 0 aliphatic heterocycles. The molecule has 0 spiro atoms. The van der Waals surface area contributed by atoms with E-state index in [-0.39, 0.29) is 6.42 Å². The van der Waals surface area contributed by atoms with Gasteiger partial charge in [0.05, 0.1) is 17.8 Å². The minimum Gasteiger partial charge on any atom is -0.481 e. The van der Waals surface area contributed by atoms with Crippen LogP contribution in [0.3, 0.4) is 0 Å². The molecule has 0 aliphatic rings. The molecule has 18 heavy (non-hydrogen) atoms. The van der Waals surface area contributed by atoms with Gasteiger partial charge in [-0.15, -0.1) is 0 Å². The van der Waals surface area contributed by atoms with Gasteiger partial charge in [0.15, 0.2) is 0 Å². The first-order valence-corrected chi connectivity index (χ1v) is 7.79. The van der Waals surface area contributed by atoms with Gasteiger partial charge in [-0.2, -0.15) is 0 Å². The van der Waals surface area contributed by atoms with E-state index in [0.717, 1.165) is 17.3 Å². The molecule has 0 amide bonds. The molecule has 1 N–H and O–H groups in total. The largest absolute Gasteiger partial charge is 0.481 e. The van der Waals surface area contributed by atoms with Gasteiger partial charge >= 0.3 is 5.97 Å². The van der Waals surface area contributed by atoms with E-state index in [2.05, 4.69) is 0 Å². The maximum absolute atomic E-state index is 10.5. The van der Waals surface area contributed by atoms with Gasteiger partial charge in [0, 0.05) is 0 Å². The standard InChI is InChI=1S/C12H12O4S2/c13-12(14)6-9-3-4-11(16-9)8-18-17-7-10-2-1-5-15-10/h1-5H,6-8H2,(H,13,14). The Bertz CT molecular complexity index is 490. The molecule has 2 aromatic rings. The summed E-state index contributed by atoms with van der Waals surface area (Å²) in [5, 5.41) is 8.62. The van der Waals surface area contributed by atoms with Crippen LogP contribution in [-0.4, -0.2) is 11.1 Å². The molecule has 0 fully saturated rings. The highest BCUT2D eigenvalue weighted by molar-refractivity contribution is 8.76. The molecular weight excluding hydrogens is 272 g/mol. The molecule has 2 aromatic heterocycles. The Kier molecular flexibility index (Phi) is 4.83. The molecule has 6 heteroatoms. The van der Waals surface area contributed by atoms with Crippen molar-refractivity contribution in [2.24, 2.45) is 0 Å². The monoisotopic (exact) mass is 284 g/mol. The van der Waals surface area contributed by atoms with Gasteiger partial charge in [-0.1, -0.05) is 21.6 Å². The SMILES string of the molecule is O=C(O)Cc1ccc(CSSCc2ccco2)o1. The van der Waals surface area contributed by atoms with Crippen molar-refractivity contribution in [3.63, 3.8) is 0 Å². The summed E-state index contributed by atoms with van der Waals surface area (Å²) in [7, 11) is 3.33. The van der Waals surface area contributed by atoms with E-state index in [1.807, 2.05) is 18.2 Å². The van der Waals surface area contributed by atoms with Crippen LogP contribution in [-0.2, 0) is 22.7 Å². The van der Waals surface area contributed by atoms with Crippen molar-refractivity contribution in [3.8, 4) is 0 Å². The van der Waals surface area contributed by atoms with Crippen molar-refractivity contribution in [1.82, 2.24) is 0 Å². The zero-order valence-corrected chi connectivity index (χ0v) is 11.1. The van der Waals surface area contributed by atoms with Crippen LogP contribution >= 0.6 is 21.6 Å². The van der Waals surface area contributed by atoms with Crippen LogP contribution in [0.4, 0.5) is 0 Å². The molecule has 0 atom stereocenters. The summed E-state index contributed by atoms with van der Waals surface area (Å²) in [4.78, 5) is 10.5. The second kappa shape index (κ2) is 6.61. The fourth-order valence-electron chi connectivity index (χ4n) is 1.34. The predicted molar refractivity (Wildman–Crippen MR) is 71.3 cm³/mol. The molecule has 0 bridgehead atoms. The molecule has 0 saturated heterocycles. The second-order valence-corrected chi connectivity index (χ2v) is 6.01. The topological polar surface area (TPSA) is 63.6 Å². The van der Waals surface area contributed by atoms with E-state index in [4.69, 9.17) is 13.9 Å². The molecule has 0 aliphatic carbocycles. The van der Waals surface area contributed by atoms with Crippen LogP contribution in [0, 0.1) is 0 Å². The van der Waals surface area contributed by atoms with E-state index >= 15 is 0 Å². The fraction of sp³-hybridized carbons (Fsp3) is 0.250. The lowest BCUT2D eigenvalue weighted by Gasteiger charge is -1.97. The van der Waals surface area contributed by atoms with Gasteiger partial charge < -0.3 is 13.9 Å². The molecule has 2 rings (SSSR count). The van der Waals surface area contributed by atoms with Crippen molar-refractivity contribution in [1.29, 1.82) is 0 Å². The number of rotatable bonds is 7. The summed E-state index contributed by atoms with van der Waals surface area (Å²) in [6.45, 7) is 0. The number of carbonyl (C=O) groups is 1. The van der Waals surface area contributed by atoms with Crippen molar-refractivity contribution in [2.45, 2.75) is 17.9 Å². The smallest absolute Gasteiger partial charge is 0.311 e. The molecule has 0 radical (unpaired) electrons. The zero-order valence-electron chi connectivity index (χ0n) is 9.50. The predicted octanol–water partition coefficient (Wildman–Crippen LogP) is 3.58. The quantitative estimate of drug-likeness (QED) is 0.619. The summed E-state index contributed by atoms with van der Waals surface area (Å²) in [5.41, 5.74) is 0. The molecule has 0 aromatic carbocycles. The van der Waals surface area contributed by atoms with Crippen LogP contribution in [0.15, 0.2) is 39.4 Å². The average molecular weight is 284 g/mol. The molecule has 4 nitrogen and oxygen atoms in total. The third-order valence-electron chi connectivity index (χ3n) is 2.11. The first-order chi connectivity index (χ1) is 8.74. The number of furan rings is 2. The van der Waals surface area contributed by atoms with Crippen LogP contribution in [0.25, 0.3) is 0 Å². The first kappa shape index (κ1) is 13.2. The van der Waals surface area contributed by atoms with E-state index in [1.54, 1.807) is 33.9 Å². The van der Waals surface area contributed by atoms with E-state index in [0.29, 0.717) is 11.5 Å². The van der Waals surface area contributed by atoms with Crippen molar-refractivity contribution < 1.29 is 18.7 Å². The lowest BCUT2D eigenvalue weighted by atomic mass is 10.3. The number of hydrogen-bond donors (Lipinski definition) is 1. The summed E-state index contributed by atoms with van der Waals surface area (Å²) in [6.07, 6.45) is 1.59. The minimum atomic E-state index is -0.879. The molecule has 0 unspecified atom stereocenters. The highest BCUT2D eigenvalue weighted by Gasteiger charge is 2.06. The fourth-order valence-corrected chi connectivity index (χ4v) is 3.25. The third kappa shape index (κ3) is 4.19. The normalized spacial score (nSPS) is 10.7. The highest BCUT2D eigenvalue weighted by Crippen LogP contribution is 2.30.